The Kier molecular flexibility index (Phi) is 3.74. The molecule has 0 aromatic carbocycles. The Hall–Kier alpha value is -0.700. The average Bonchev–Trinajstić information content (AvgIpc) is 2.24. The lowest BCUT2D eigenvalue weighted by Crippen LogP contribution is -2.15. The molecule has 2 unspecified atom stereocenters. The quantitative estimate of drug-likeness (QED) is 0.852. The van der Waals surface area contributed by atoms with Crippen LogP contribution in [0.25, 0.3) is 0 Å². The van der Waals surface area contributed by atoms with Crippen molar-refractivity contribution in [3.05, 3.63) is 17.8 Å². The van der Waals surface area contributed by atoms with Crippen LogP contribution in [-0.2, 0) is 0 Å². The van der Waals surface area contributed by atoms with Crippen molar-refractivity contribution >= 4 is 17.4 Å². The molecule has 1 saturated carbocycles. The highest BCUT2D eigenvalue weighted by Gasteiger charge is 2.20. The van der Waals surface area contributed by atoms with Crippen LogP contribution in [0.2, 0.25) is 0 Å². The summed E-state index contributed by atoms with van der Waals surface area (Å²) in [6, 6.07) is 2.01. The number of anilines is 1. The van der Waals surface area contributed by atoms with E-state index < -0.39 is 0 Å². The van der Waals surface area contributed by atoms with Gasteiger partial charge in [-0.2, -0.15) is 0 Å². The molecule has 0 radical (unpaired) electrons. The Bertz CT molecular complexity index is 365. The monoisotopic (exact) mass is 236 g/mol. The first kappa shape index (κ1) is 11.8. The van der Waals surface area contributed by atoms with Gasteiger partial charge in [-0.25, -0.2) is 4.98 Å². The zero-order chi connectivity index (χ0) is 11.5. The minimum atomic E-state index is 0.735. The average molecular weight is 236 g/mol. The van der Waals surface area contributed by atoms with Gasteiger partial charge in [0.15, 0.2) is 0 Å². The van der Waals surface area contributed by atoms with Crippen LogP contribution >= 0.6 is 11.8 Å². The lowest BCUT2D eigenvalue weighted by molar-refractivity contribution is 0.394. The number of aromatic nitrogens is 1. The van der Waals surface area contributed by atoms with Crippen molar-refractivity contribution in [1.29, 1.82) is 0 Å². The molecule has 1 aromatic heterocycles. The predicted molar refractivity (Wildman–Crippen MR) is 70.7 cm³/mol. The summed E-state index contributed by atoms with van der Waals surface area (Å²) < 4.78 is 0. The molecule has 1 aliphatic rings. The van der Waals surface area contributed by atoms with E-state index in [-0.39, 0.29) is 0 Å². The number of hydrogen-bond donors (Lipinski definition) is 1. The van der Waals surface area contributed by atoms with Crippen molar-refractivity contribution in [3.63, 3.8) is 0 Å². The van der Waals surface area contributed by atoms with Crippen LogP contribution < -0.4 is 5.73 Å². The maximum Gasteiger partial charge on any atom is 0.0983 e. The molecular formula is C13H20N2S. The number of thioether (sulfide) groups is 1. The van der Waals surface area contributed by atoms with Crippen molar-refractivity contribution < 1.29 is 0 Å². The molecule has 0 amide bonds. The third-order valence-corrected chi connectivity index (χ3v) is 4.52. The Morgan fingerprint density at radius 1 is 1.44 bits per heavy atom. The first-order valence-corrected chi connectivity index (χ1v) is 6.92. The van der Waals surface area contributed by atoms with Gasteiger partial charge >= 0.3 is 0 Å². The van der Waals surface area contributed by atoms with E-state index in [4.69, 9.17) is 5.73 Å². The first-order valence-electron chi connectivity index (χ1n) is 6.04. The van der Waals surface area contributed by atoms with Crippen molar-refractivity contribution in [1.82, 2.24) is 4.98 Å². The van der Waals surface area contributed by atoms with Gasteiger partial charge in [-0.3, -0.25) is 0 Å². The molecule has 0 bridgehead atoms. The van der Waals surface area contributed by atoms with Crippen LogP contribution in [0.3, 0.4) is 0 Å². The smallest absolute Gasteiger partial charge is 0.0983 e. The molecule has 0 spiro atoms. The topological polar surface area (TPSA) is 38.9 Å². The van der Waals surface area contributed by atoms with Gasteiger partial charge in [0.05, 0.1) is 5.03 Å². The third kappa shape index (κ3) is 2.91. The van der Waals surface area contributed by atoms with Gasteiger partial charge in [0.25, 0.3) is 0 Å². The number of nitrogen functional groups attached to an aromatic ring is 1. The Labute approximate surface area is 102 Å². The number of nitrogens with two attached hydrogens (primary N) is 1. The van der Waals surface area contributed by atoms with E-state index in [1.54, 1.807) is 0 Å². The van der Waals surface area contributed by atoms with E-state index in [0.717, 1.165) is 27.4 Å². The van der Waals surface area contributed by atoms with Crippen molar-refractivity contribution in [2.24, 2.45) is 5.92 Å². The molecule has 2 rings (SSSR count). The maximum atomic E-state index is 5.90. The van der Waals surface area contributed by atoms with E-state index in [9.17, 15) is 0 Å². The number of pyridine rings is 1. The zero-order valence-corrected chi connectivity index (χ0v) is 10.9. The van der Waals surface area contributed by atoms with Gasteiger partial charge in [-0.1, -0.05) is 19.8 Å². The second-order valence-electron chi connectivity index (χ2n) is 4.89. The van der Waals surface area contributed by atoms with E-state index in [1.165, 1.54) is 25.7 Å². The van der Waals surface area contributed by atoms with Gasteiger partial charge in [0.1, 0.15) is 0 Å². The summed E-state index contributed by atoms with van der Waals surface area (Å²) in [4.78, 5) is 4.44. The molecule has 1 aromatic rings. The largest absolute Gasteiger partial charge is 0.398 e. The molecule has 1 aliphatic carbocycles. The van der Waals surface area contributed by atoms with Crippen molar-refractivity contribution in [3.8, 4) is 0 Å². The lowest BCUT2D eigenvalue weighted by Gasteiger charge is -2.25. The molecule has 0 saturated heterocycles. The predicted octanol–water partition coefficient (Wildman–Crippen LogP) is 3.64. The van der Waals surface area contributed by atoms with Crippen LogP contribution in [0, 0.1) is 12.8 Å². The van der Waals surface area contributed by atoms with Gasteiger partial charge in [0, 0.05) is 17.1 Å². The fourth-order valence-corrected chi connectivity index (χ4v) is 3.60. The number of aryl methyl sites for hydroxylation is 1. The Balaban J connectivity index is 2.00. The van der Waals surface area contributed by atoms with Crippen molar-refractivity contribution in [2.45, 2.75) is 49.8 Å². The fraction of sp³-hybridized carbons (Fsp3) is 0.615. The fourth-order valence-electron chi connectivity index (χ4n) is 2.24. The van der Waals surface area contributed by atoms with Crippen LogP contribution in [0.1, 0.15) is 38.2 Å². The van der Waals surface area contributed by atoms with E-state index >= 15 is 0 Å². The summed E-state index contributed by atoms with van der Waals surface area (Å²) in [7, 11) is 0. The standard InChI is InChI=1S/C13H20N2S/c1-9-4-3-5-11(6-9)16-13-7-12(14)10(2)8-15-13/h7-9,11H,3-6H2,1-2H3,(H2,14,15). The highest BCUT2D eigenvalue weighted by molar-refractivity contribution is 7.99. The molecule has 2 nitrogen and oxygen atoms in total. The molecule has 3 heteroatoms. The molecule has 1 heterocycles. The first-order chi connectivity index (χ1) is 7.65. The van der Waals surface area contributed by atoms with Gasteiger partial charge < -0.3 is 5.73 Å². The normalized spacial score (nSPS) is 25.6. The highest BCUT2D eigenvalue weighted by Crippen LogP contribution is 2.35. The molecule has 2 N–H and O–H groups in total. The van der Waals surface area contributed by atoms with Crippen LogP contribution in [0.15, 0.2) is 17.3 Å². The second-order valence-corrected chi connectivity index (χ2v) is 6.21. The van der Waals surface area contributed by atoms with E-state index in [0.29, 0.717) is 0 Å². The third-order valence-electron chi connectivity index (χ3n) is 3.30. The molecular weight excluding hydrogens is 216 g/mol. The summed E-state index contributed by atoms with van der Waals surface area (Å²) in [6.45, 7) is 4.35. The SMILES string of the molecule is Cc1cnc(SC2CCCC(C)C2)cc1N. The zero-order valence-electron chi connectivity index (χ0n) is 10.1. The molecule has 2 atom stereocenters. The van der Waals surface area contributed by atoms with Crippen LogP contribution in [-0.4, -0.2) is 10.2 Å². The number of rotatable bonds is 2. The molecule has 0 aliphatic heterocycles. The summed E-state index contributed by atoms with van der Waals surface area (Å²) >= 11 is 1.90. The van der Waals surface area contributed by atoms with Gasteiger partial charge in [-0.15, -0.1) is 11.8 Å². The Morgan fingerprint density at radius 2 is 2.25 bits per heavy atom. The van der Waals surface area contributed by atoms with Gasteiger partial charge in [0.2, 0.25) is 0 Å². The minimum Gasteiger partial charge on any atom is -0.398 e. The van der Waals surface area contributed by atoms with Crippen molar-refractivity contribution in [2.75, 3.05) is 5.73 Å². The summed E-state index contributed by atoms with van der Waals surface area (Å²) in [6.07, 6.45) is 7.27. The minimum absolute atomic E-state index is 0.735. The molecule has 16 heavy (non-hydrogen) atoms. The van der Waals surface area contributed by atoms with Gasteiger partial charge in [-0.05, 0) is 37.3 Å². The van der Waals surface area contributed by atoms with Crippen LogP contribution in [0.5, 0.6) is 0 Å². The number of nitrogens with zero attached hydrogens (tertiary/aromatic N) is 1. The number of hydrogen-bond acceptors (Lipinski definition) is 3. The van der Waals surface area contributed by atoms with E-state index in [2.05, 4.69) is 11.9 Å². The maximum absolute atomic E-state index is 5.90. The molecule has 1 fully saturated rings. The van der Waals surface area contributed by atoms with Crippen LogP contribution in [0.4, 0.5) is 5.69 Å². The summed E-state index contributed by atoms with van der Waals surface area (Å²) in [5.74, 6) is 0.869. The lowest BCUT2D eigenvalue weighted by atomic mass is 9.91. The highest BCUT2D eigenvalue weighted by atomic mass is 32.2. The second kappa shape index (κ2) is 5.09. The molecule has 88 valence electrons. The summed E-state index contributed by atoms with van der Waals surface area (Å²) in [5, 5.41) is 1.82. The summed E-state index contributed by atoms with van der Waals surface area (Å²) in [5.41, 5.74) is 7.83. The Morgan fingerprint density at radius 3 is 2.94 bits per heavy atom. The van der Waals surface area contributed by atoms with E-state index in [1.807, 2.05) is 30.9 Å².